The molecule has 0 aliphatic carbocycles. The van der Waals surface area contributed by atoms with E-state index < -0.39 is 0 Å². The smallest absolute Gasteiger partial charge is 0.266 e. The van der Waals surface area contributed by atoms with Crippen LogP contribution in [0, 0.1) is 6.92 Å². The molecule has 3 heterocycles. The fraction of sp³-hybridized carbons (Fsp3) is 0.600. The van der Waals surface area contributed by atoms with Crippen molar-refractivity contribution in [2.45, 2.75) is 25.8 Å². The first kappa shape index (κ1) is 18.3. The summed E-state index contributed by atoms with van der Waals surface area (Å²) in [6, 6.07) is 6.59. The van der Waals surface area contributed by atoms with Crippen LogP contribution in [0.4, 0.5) is 5.95 Å². The Kier molecular flexibility index (Phi) is 5.31. The van der Waals surface area contributed by atoms with Crippen LogP contribution in [0.15, 0.2) is 22.7 Å². The van der Waals surface area contributed by atoms with Crippen LogP contribution >= 0.6 is 0 Å². The molecule has 0 atom stereocenters. The van der Waals surface area contributed by atoms with Crippen molar-refractivity contribution in [2.75, 3.05) is 58.3 Å². The number of benzene rings is 1. The Morgan fingerprint density at radius 3 is 2.52 bits per heavy atom. The molecular formula is C20H29N5O2. The van der Waals surface area contributed by atoms with E-state index in [4.69, 9.17) is 9.26 Å². The minimum absolute atomic E-state index is 0.558. The van der Waals surface area contributed by atoms with Crippen molar-refractivity contribution >= 4 is 5.95 Å². The van der Waals surface area contributed by atoms with Crippen molar-refractivity contribution in [3.63, 3.8) is 0 Å². The summed E-state index contributed by atoms with van der Waals surface area (Å²) in [4.78, 5) is 12.0. The minimum Gasteiger partial charge on any atom is -0.497 e. The number of likely N-dealkylation sites (N-methyl/N-ethyl adjacent to an activating group) is 1. The van der Waals surface area contributed by atoms with E-state index in [2.05, 4.69) is 31.9 Å². The molecule has 2 aromatic rings. The number of methoxy groups -OCH3 is 1. The first-order valence-corrected chi connectivity index (χ1v) is 9.80. The molecule has 2 aliphatic heterocycles. The Morgan fingerprint density at radius 2 is 1.81 bits per heavy atom. The zero-order valence-electron chi connectivity index (χ0n) is 16.5. The molecule has 4 rings (SSSR count). The molecule has 7 nitrogen and oxygen atoms in total. The van der Waals surface area contributed by atoms with Gasteiger partial charge in [-0.2, -0.15) is 4.98 Å². The van der Waals surface area contributed by atoms with E-state index >= 15 is 0 Å². The molecule has 7 heteroatoms. The lowest BCUT2D eigenvalue weighted by molar-refractivity contribution is 0.0980. The molecule has 0 amide bonds. The van der Waals surface area contributed by atoms with Crippen LogP contribution in [0.2, 0.25) is 0 Å². The van der Waals surface area contributed by atoms with Gasteiger partial charge in [0.05, 0.1) is 7.11 Å². The monoisotopic (exact) mass is 371 g/mol. The summed E-state index contributed by atoms with van der Waals surface area (Å²) in [6.07, 6.45) is 2.32. The second-order valence-corrected chi connectivity index (χ2v) is 7.64. The maximum absolute atomic E-state index is 5.56. The highest BCUT2D eigenvalue weighted by Gasteiger charge is 2.28. The predicted octanol–water partition coefficient (Wildman–Crippen LogP) is 2.27. The van der Waals surface area contributed by atoms with Crippen LogP contribution in [0.3, 0.4) is 0 Å². The van der Waals surface area contributed by atoms with Crippen molar-refractivity contribution in [3.05, 3.63) is 23.8 Å². The highest BCUT2D eigenvalue weighted by Crippen LogP contribution is 2.29. The summed E-state index contributed by atoms with van der Waals surface area (Å²) in [5.41, 5.74) is 2.03. The number of hydrogen-bond donors (Lipinski definition) is 0. The Morgan fingerprint density at radius 1 is 1.07 bits per heavy atom. The highest BCUT2D eigenvalue weighted by atomic mass is 16.5. The summed E-state index contributed by atoms with van der Waals surface area (Å²) in [6.45, 7) is 8.72. The number of aromatic nitrogens is 2. The molecule has 0 radical (unpaired) electrons. The van der Waals surface area contributed by atoms with Crippen LogP contribution in [0.25, 0.3) is 11.5 Å². The predicted molar refractivity (Wildman–Crippen MR) is 105 cm³/mol. The summed E-state index contributed by atoms with van der Waals surface area (Å²) < 4.78 is 10.9. The Bertz CT molecular complexity index is 761. The minimum atomic E-state index is 0.558. The summed E-state index contributed by atoms with van der Waals surface area (Å²) in [5, 5.41) is 4.24. The van der Waals surface area contributed by atoms with Crippen LogP contribution < -0.4 is 9.64 Å². The zero-order chi connectivity index (χ0) is 18.8. The fourth-order valence-corrected chi connectivity index (χ4v) is 4.03. The molecule has 2 aliphatic rings. The molecule has 0 bridgehead atoms. The molecular weight excluding hydrogens is 342 g/mol. The average Bonchev–Trinajstić information content (AvgIpc) is 3.19. The van der Waals surface area contributed by atoms with Crippen LogP contribution in [-0.2, 0) is 0 Å². The van der Waals surface area contributed by atoms with E-state index in [1.807, 2.05) is 25.1 Å². The zero-order valence-corrected chi connectivity index (χ0v) is 16.5. The molecule has 0 N–H and O–H groups in total. The standard InChI is InChI=1S/C20H29N5O2/c1-15-4-5-17(26-3)14-18(15)19-21-20(22-27-19)25-8-6-16(7-9-25)24-12-10-23(2)11-13-24/h4-5,14,16H,6-13H2,1-3H3. The number of hydrogen-bond acceptors (Lipinski definition) is 7. The second-order valence-electron chi connectivity index (χ2n) is 7.64. The van der Waals surface area contributed by atoms with Gasteiger partial charge >= 0.3 is 0 Å². The summed E-state index contributed by atoms with van der Waals surface area (Å²) in [5.74, 6) is 2.05. The van der Waals surface area contributed by atoms with Gasteiger partial charge < -0.3 is 19.1 Å². The molecule has 27 heavy (non-hydrogen) atoms. The highest BCUT2D eigenvalue weighted by molar-refractivity contribution is 5.61. The van der Waals surface area contributed by atoms with Gasteiger partial charge in [0.2, 0.25) is 0 Å². The average molecular weight is 371 g/mol. The van der Waals surface area contributed by atoms with Gasteiger partial charge in [-0.3, -0.25) is 4.90 Å². The van der Waals surface area contributed by atoms with Crippen LogP contribution in [0.5, 0.6) is 5.75 Å². The van der Waals surface area contributed by atoms with Crippen molar-refractivity contribution in [3.8, 4) is 17.2 Å². The lowest BCUT2D eigenvalue weighted by Gasteiger charge is -2.41. The molecule has 1 aromatic carbocycles. The van der Waals surface area contributed by atoms with E-state index in [9.17, 15) is 0 Å². The summed E-state index contributed by atoms with van der Waals surface area (Å²) in [7, 11) is 3.87. The number of piperazine rings is 1. The lowest BCUT2D eigenvalue weighted by Crippen LogP contribution is -2.52. The number of ether oxygens (including phenoxy) is 1. The van der Waals surface area contributed by atoms with E-state index in [-0.39, 0.29) is 0 Å². The van der Waals surface area contributed by atoms with Crippen molar-refractivity contribution in [2.24, 2.45) is 0 Å². The number of piperidine rings is 1. The summed E-state index contributed by atoms with van der Waals surface area (Å²) >= 11 is 0. The molecule has 0 spiro atoms. The Labute approximate surface area is 160 Å². The molecule has 1 aromatic heterocycles. The molecule has 2 saturated heterocycles. The largest absolute Gasteiger partial charge is 0.497 e. The third kappa shape index (κ3) is 3.94. The lowest BCUT2D eigenvalue weighted by atomic mass is 10.0. The number of rotatable bonds is 4. The van der Waals surface area contributed by atoms with Crippen molar-refractivity contribution in [1.82, 2.24) is 19.9 Å². The third-order valence-corrected chi connectivity index (χ3v) is 5.89. The van der Waals surface area contributed by atoms with Crippen molar-refractivity contribution in [1.29, 1.82) is 0 Å². The fourth-order valence-electron chi connectivity index (χ4n) is 4.03. The third-order valence-electron chi connectivity index (χ3n) is 5.89. The maximum Gasteiger partial charge on any atom is 0.266 e. The van der Waals surface area contributed by atoms with Gasteiger partial charge in [-0.1, -0.05) is 6.07 Å². The second kappa shape index (κ2) is 7.86. The van der Waals surface area contributed by atoms with Crippen LogP contribution in [-0.4, -0.2) is 79.4 Å². The van der Waals surface area contributed by atoms with Crippen molar-refractivity contribution < 1.29 is 9.26 Å². The van der Waals surface area contributed by atoms with Gasteiger partial charge in [-0.05, 0) is 49.7 Å². The Balaban J connectivity index is 1.40. The molecule has 2 fully saturated rings. The maximum atomic E-state index is 5.56. The molecule has 0 saturated carbocycles. The van der Waals surface area contributed by atoms with Gasteiger partial charge in [0.15, 0.2) is 0 Å². The Hall–Kier alpha value is -2.12. The number of anilines is 1. The van der Waals surface area contributed by atoms with Gasteiger partial charge in [-0.15, -0.1) is 0 Å². The van der Waals surface area contributed by atoms with Crippen LogP contribution in [0.1, 0.15) is 18.4 Å². The topological polar surface area (TPSA) is 57.9 Å². The molecule has 146 valence electrons. The van der Waals surface area contributed by atoms with E-state index in [0.29, 0.717) is 17.9 Å². The first-order chi connectivity index (χ1) is 13.1. The van der Waals surface area contributed by atoms with Gasteiger partial charge in [0, 0.05) is 50.9 Å². The van der Waals surface area contributed by atoms with Gasteiger partial charge in [0.25, 0.3) is 11.8 Å². The van der Waals surface area contributed by atoms with Gasteiger partial charge in [-0.25, -0.2) is 0 Å². The van der Waals surface area contributed by atoms with Gasteiger partial charge in [0.1, 0.15) is 5.75 Å². The quantitative estimate of drug-likeness (QED) is 0.817. The van der Waals surface area contributed by atoms with E-state index in [0.717, 1.165) is 42.8 Å². The first-order valence-electron chi connectivity index (χ1n) is 9.80. The number of aryl methyl sites for hydroxylation is 1. The normalized spacial score (nSPS) is 20.2. The SMILES string of the molecule is COc1ccc(C)c(-c2nc(N3CCC(N4CCN(C)CC4)CC3)no2)c1. The van der Waals surface area contributed by atoms with E-state index in [1.165, 1.54) is 26.2 Å². The number of nitrogens with zero attached hydrogens (tertiary/aromatic N) is 5. The van der Waals surface area contributed by atoms with E-state index in [1.54, 1.807) is 7.11 Å². The molecule has 0 unspecified atom stereocenters.